The van der Waals surface area contributed by atoms with Gasteiger partial charge in [-0.2, -0.15) is 0 Å². The maximum absolute atomic E-state index is 13.1. The van der Waals surface area contributed by atoms with Crippen molar-refractivity contribution >= 4 is 62.3 Å². The highest BCUT2D eigenvalue weighted by Gasteiger charge is 2.29. The summed E-state index contributed by atoms with van der Waals surface area (Å²) in [7, 11) is -4.23. The average Bonchev–Trinajstić information content (AvgIpc) is 3.47. The zero-order chi connectivity index (χ0) is 25.4. The number of imidazole rings is 1. The first-order chi connectivity index (χ1) is 16.4. The summed E-state index contributed by atoms with van der Waals surface area (Å²) < 4.78 is 33.3. The minimum absolute atomic E-state index is 0.0319. The van der Waals surface area contributed by atoms with Gasteiger partial charge in [0, 0.05) is 29.3 Å². The quantitative estimate of drug-likeness (QED) is 0.342. The third-order valence-electron chi connectivity index (χ3n) is 5.52. The molecule has 1 aliphatic rings. The Morgan fingerprint density at radius 2 is 2.00 bits per heavy atom. The maximum Gasteiger partial charge on any atom is 0.421 e. The van der Waals surface area contributed by atoms with E-state index in [2.05, 4.69) is 23.4 Å². The number of sulfonamides is 1. The molecule has 2 aromatic heterocycles. The molecular formula is C23H24Cl3N3O4S2. The summed E-state index contributed by atoms with van der Waals surface area (Å²) in [5.41, 5.74) is 2.38. The van der Waals surface area contributed by atoms with Crippen molar-refractivity contribution in [1.29, 1.82) is 0 Å². The van der Waals surface area contributed by atoms with Crippen molar-refractivity contribution in [3.63, 3.8) is 0 Å². The zero-order valence-electron chi connectivity index (χ0n) is 19.0. The monoisotopic (exact) mass is 575 g/mol. The molecule has 7 nitrogen and oxygen atoms in total. The molecule has 0 saturated carbocycles. The molecule has 12 heteroatoms. The van der Waals surface area contributed by atoms with Crippen LogP contribution in [0.2, 0.25) is 0 Å². The molecule has 0 radical (unpaired) electrons. The van der Waals surface area contributed by atoms with E-state index in [-0.39, 0.29) is 10.3 Å². The number of aromatic nitrogens is 2. The van der Waals surface area contributed by atoms with Gasteiger partial charge in [0.25, 0.3) is 10.0 Å². The molecule has 188 valence electrons. The number of hydrogen-bond donors (Lipinski definition) is 1. The molecule has 0 fully saturated rings. The van der Waals surface area contributed by atoms with Gasteiger partial charge in [0.1, 0.15) is 16.6 Å². The molecule has 1 aliphatic heterocycles. The number of hydrogen-bond acceptors (Lipinski definition) is 6. The number of thiophene rings is 1. The smallest absolute Gasteiger partial charge is 0.421 e. The third-order valence-corrected chi connectivity index (χ3v) is 8.85. The Balaban J connectivity index is 1.62. The second-order valence-electron chi connectivity index (χ2n) is 8.74. The summed E-state index contributed by atoms with van der Waals surface area (Å²) in [5, 5.41) is 0. The molecule has 35 heavy (non-hydrogen) atoms. The predicted molar refractivity (Wildman–Crippen MR) is 139 cm³/mol. The van der Waals surface area contributed by atoms with Gasteiger partial charge in [0.05, 0.1) is 6.04 Å². The van der Waals surface area contributed by atoms with Crippen molar-refractivity contribution in [3.8, 4) is 11.1 Å². The van der Waals surface area contributed by atoms with Crippen LogP contribution in [0.4, 0.5) is 4.79 Å². The van der Waals surface area contributed by atoms with Crippen LogP contribution in [-0.4, -0.2) is 34.5 Å². The van der Waals surface area contributed by atoms with Gasteiger partial charge in [-0.15, -0.1) is 11.3 Å². The Bertz CT molecular complexity index is 1310. The molecular weight excluding hydrogens is 553 g/mol. The Morgan fingerprint density at radius 1 is 1.29 bits per heavy atom. The second-order valence-corrected chi connectivity index (χ2v) is 14.3. The molecule has 0 saturated heterocycles. The number of halogens is 3. The van der Waals surface area contributed by atoms with Crippen LogP contribution in [-0.2, 0) is 27.6 Å². The van der Waals surface area contributed by atoms with Gasteiger partial charge in [-0.1, -0.05) is 72.9 Å². The molecule has 1 atom stereocenters. The van der Waals surface area contributed by atoms with E-state index in [1.807, 2.05) is 41.3 Å². The molecule has 1 aromatic carbocycles. The Labute approximate surface area is 223 Å². The lowest BCUT2D eigenvalue weighted by Gasteiger charge is -2.14. The zero-order valence-corrected chi connectivity index (χ0v) is 22.9. The van der Waals surface area contributed by atoms with Crippen molar-refractivity contribution in [1.82, 2.24) is 14.3 Å². The van der Waals surface area contributed by atoms with Crippen LogP contribution in [0.5, 0.6) is 0 Å². The van der Waals surface area contributed by atoms with Gasteiger partial charge >= 0.3 is 6.09 Å². The molecule has 0 unspecified atom stereocenters. The van der Waals surface area contributed by atoms with E-state index in [9.17, 15) is 13.2 Å². The van der Waals surface area contributed by atoms with E-state index in [0.717, 1.165) is 46.0 Å². The van der Waals surface area contributed by atoms with Crippen LogP contribution in [0.1, 0.15) is 42.6 Å². The van der Waals surface area contributed by atoms with Gasteiger partial charge < -0.3 is 9.30 Å². The highest BCUT2D eigenvalue weighted by atomic mass is 35.6. The molecule has 3 aromatic rings. The predicted octanol–water partition coefficient (Wildman–Crippen LogP) is 6.13. The van der Waals surface area contributed by atoms with Crippen LogP contribution in [0, 0.1) is 5.92 Å². The van der Waals surface area contributed by atoms with E-state index in [0.29, 0.717) is 17.9 Å². The minimum atomic E-state index is -4.23. The number of amides is 1. The fourth-order valence-corrected chi connectivity index (χ4v) is 7.10. The number of benzene rings is 1. The van der Waals surface area contributed by atoms with E-state index in [1.54, 1.807) is 6.20 Å². The van der Waals surface area contributed by atoms with Crippen LogP contribution < -0.4 is 4.72 Å². The standard InChI is InChI=1S/C23H24Cl3N3O4S2/c1-14(2)11-17-12-18(21(34-17)35(31,32)28-22(30)33-13-23(24,25)26)15-3-5-16(6-4-15)19-7-8-20-27-9-10-29(19)20/h3-6,9-10,12,14,19H,7-8,11,13H2,1-2H3,(H,28,30)/t19-/m1/s1. The number of carbonyl (C=O) groups excluding carboxylic acids is 1. The number of ether oxygens (including phenoxy) is 1. The highest BCUT2D eigenvalue weighted by Crippen LogP contribution is 2.38. The first kappa shape index (κ1) is 26.3. The molecule has 4 rings (SSSR count). The van der Waals surface area contributed by atoms with Gasteiger partial charge in [-0.05, 0) is 36.0 Å². The van der Waals surface area contributed by atoms with E-state index in [4.69, 9.17) is 39.5 Å². The van der Waals surface area contributed by atoms with Crippen molar-refractivity contribution < 1.29 is 17.9 Å². The van der Waals surface area contributed by atoms with Gasteiger partial charge in [0.2, 0.25) is 3.79 Å². The molecule has 3 heterocycles. The minimum Gasteiger partial charge on any atom is -0.444 e. The summed E-state index contributed by atoms with van der Waals surface area (Å²) in [6.45, 7) is 3.53. The Kier molecular flexibility index (Phi) is 7.74. The number of carbonyl (C=O) groups is 1. The van der Waals surface area contributed by atoms with Crippen LogP contribution in [0.3, 0.4) is 0 Å². The topological polar surface area (TPSA) is 90.3 Å². The van der Waals surface area contributed by atoms with Gasteiger partial charge in [-0.25, -0.2) is 22.9 Å². The van der Waals surface area contributed by atoms with Crippen molar-refractivity contribution in [2.45, 2.75) is 47.2 Å². The average molecular weight is 577 g/mol. The summed E-state index contributed by atoms with van der Waals surface area (Å²) in [4.78, 5) is 17.4. The van der Waals surface area contributed by atoms with Crippen molar-refractivity contribution in [3.05, 3.63) is 59.0 Å². The fraction of sp³-hybridized carbons (Fsp3) is 0.391. The Hall–Kier alpha value is -1.78. The molecule has 1 amide bonds. The van der Waals surface area contributed by atoms with Crippen molar-refractivity contribution in [2.75, 3.05) is 6.61 Å². The lowest BCUT2D eigenvalue weighted by atomic mass is 10.0. The number of alkyl halides is 3. The fourth-order valence-electron chi connectivity index (χ4n) is 4.10. The van der Waals surface area contributed by atoms with Gasteiger partial charge in [-0.3, -0.25) is 0 Å². The first-order valence-electron chi connectivity index (χ1n) is 10.9. The van der Waals surface area contributed by atoms with E-state index in [1.165, 1.54) is 0 Å². The lowest BCUT2D eigenvalue weighted by Crippen LogP contribution is -2.33. The summed E-state index contributed by atoms with van der Waals surface area (Å²) in [6, 6.07) is 9.90. The largest absolute Gasteiger partial charge is 0.444 e. The molecule has 0 spiro atoms. The van der Waals surface area contributed by atoms with Crippen LogP contribution in [0.15, 0.2) is 46.9 Å². The normalized spacial score (nSPS) is 15.9. The third kappa shape index (κ3) is 6.32. The number of nitrogens with zero attached hydrogens (tertiary/aromatic N) is 2. The van der Waals surface area contributed by atoms with Crippen LogP contribution >= 0.6 is 46.1 Å². The molecule has 1 N–H and O–H groups in total. The summed E-state index contributed by atoms with van der Waals surface area (Å²) in [5.74, 6) is 1.39. The Morgan fingerprint density at radius 3 is 2.66 bits per heavy atom. The molecule has 0 aliphatic carbocycles. The lowest BCUT2D eigenvalue weighted by molar-refractivity contribution is 0.155. The molecule has 0 bridgehead atoms. The number of nitrogens with one attached hydrogen (secondary N) is 1. The number of aryl methyl sites for hydroxylation is 1. The van der Waals surface area contributed by atoms with Crippen molar-refractivity contribution in [2.24, 2.45) is 5.92 Å². The maximum atomic E-state index is 13.1. The van der Waals surface area contributed by atoms with E-state index >= 15 is 0 Å². The summed E-state index contributed by atoms with van der Waals surface area (Å²) in [6.07, 6.45) is 5.17. The number of fused-ring (bicyclic) bond motifs is 1. The SMILES string of the molecule is CC(C)Cc1cc(-c2ccc([C@H]3CCc4nccn43)cc2)c(S(=O)(=O)NC(=O)OCC(Cl)(Cl)Cl)s1. The first-order valence-corrected chi connectivity index (χ1v) is 14.4. The highest BCUT2D eigenvalue weighted by molar-refractivity contribution is 7.92. The number of rotatable bonds is 7. The van der Waals surface area contributed by atoms with Gasteiger partial charge in [0.15, 0.2) is 0 Å². The second kappa shape index (κ2) is 10.3. The van der Waals surface area contributed by atoms with E-state index < -0.39 is 26.5 Å². The van der Waals surface area contributed by atoms with Crippen LogP contribution in [0.25, 0.3) is 11.1 Å². The summed E-state index contributed by atoms with van der Waals surface area (Å²) >= 11 is 17.9.